The second kappa shape index (κ2) is 6.18. The van der Waals surface area contributed by atoms with Crippen LogP contribution in [0, 0.1) is 11.8 Å². The fourth-order valence-electron chi connectivity index (χ4n) is 1.68. The van der Waals surface area contributed by atoms with Gasteiger partial charge >= 0.3 is 5.97 Å². The standard InChI is InChI=1S/C12H19N3O3/c1-8(2)6-9(12(17)18)7-13-11(16)10-4-5-15(3)14-10/h4-5,8-9H,6-7H2,1-3H3,(H,13,16)(H,17,18). The lowest BCUT2D eigenvalue weighted by atomic mass is 9.97. The molecule has 0 aliphatic carbocycles. The van der Waals surface area contributed by atoms with E-state index in [2.05, 4.69) is 10.4 Å². The van der Waals surface area contributed by atoms with Crippen molar-refractivity contribution in [2.24, 2.45) is 18.9 Å². The van der Waals surface area contributed by atoms with E-state index in [1.165, 1.54) is 4.68 Å². The molecule has 100 valence electrons. The van der Waals surface area contributed by atoms with Gasteiger partial charge in [0.1, 0.15) is 5.69 Å². The van der Waals surface area contributed by atoms with Crippen LogP contribution in [0.3, 0.4) is 0 Å². The van der Waals surface area contributed by atoms with Crippen LogP contribution in [-0.4, -0.2) is 33.3 Å². The normalized spacial score (nSPS) is 12.4. The summed E-state index contributed by atoms with van der Waals surface area (Å²) in [5.41, 5.74) is 0.297. The van der Waals surface area contributed by atoms with Crippen LogP contribution in [-0.2, 0) is 11.8 Å². The van der Waals surface area contributed by atoms with E-state index in [0.29, 0.717) is 12.1 Å². The number of aryl methyl sites for hydroxylation is 1. The summed E-state index contributed by atoms with van der Waals surface area (Å²) in [6, 6.07) is 1.59. The molecule has 18 heavy (non-hydrogen) atoms. The van der Waals surface area contributed by atoms with Crippen LogP contribution in [0.2, 0.25) is 0 Å². The van der Waals surface area contributed by atoms with Crippen molar-refractivity contribution in [3.8, 4) is 0 Å². The predicted molar refractivity (Wildman–Crippen MR) is 66.1 cm³/mol. The first kappa shape index (κ1) is 14.2. The molecule has 1 aromatic heterocycles. The lowest BCUT2D eigenvalue weighted by Gasteiger charge is -2.14. The zero-order valence-corrected chi connectivity index (χ0v) is 10.9. The molecule has 1 atom stereocenters. The highest BCUT2D eigenvalue weighted by atomic mass is 16.4. The summed E-state index contributed by atoms with van der Waals surface area (Å²) in [4.78, 5) is 22.7. The van der Waals surface area contributed by atoms with Gasteiger partial charge in [-0.25, -0.2) is 0 Å². The van der Waals surface area contributed by atoms with Crippen molar-refractivity contribution >= 4 is 11.9 Å². The number of hydrogen-bond acceptors (Lipinski definition) is 3. The summed E-state index contributed by atoms with van der Waals surface area (Å²) < 4.78 is 1.53. The minimum atomic E-state index is -0.884. The van der Waals surface area contributed by atoms with Gasteiger partial charge in [0.2, 0.25) is 0 Å². The lowest BCUT2D eigenvalue weighted by molar-refractivity contribution is -0.142. The number of carboxylic acids is 1. The SMILES string of the molecule is CC(C)CC(CNC(=O)c1ccn(C)n1)C(=O)O. The molecule has 6 nitrogen and oxygen atoms in total. The van der Waals surface area contributed by atoms with Crippen LogP contribution < -0.4 is 5.32 Å². The Labute approximate surface area is 106 Å². The van der Waals surface area contributed by atoms with Gasteiger partial charge in [-0.15, -0.1) is 0 Å². The Morgan fingerprint density at radius 2 is 2.17 bits per heavy atom. The molecule has 1 unspecified atom stereocenters. The second-order valence-corrected chi connectivity index (χ2v) is 4.75. The molecular formula is C12H19N3O3. The van der Waals surface area contributed by atoms with Crippen LogP contribution in [0.15, 0.2) is 12.3 Å². The molecule has 1 aromatic rings. The number of carboxylic acid groups (broad SMARTS) is 1. The molecule has 0 fully saturated rings. The minimum Gasteiger partial charge on any atom is -0.481 e. The van der Waals surface area contributed by atoms with Gasteiger partial charge < -0.3 is 10.4 Å². The van der Waals surface area contributed by atoms with Gasteiger partial charge in [-0.2, -0.15) is 5.10 Å². The minimum absolute atomic E-state index is 0.128. The summed E-state index contributed by atoms with van der Waals surface area (Å²) in [6.45, 7) is 4.04. The fourth-order valence-corrected chi connectivity index (χ4v) is 1.68. The summed E-state index contributed by atoms with van der Waals surface area (Å²) >= 11 is 0. The van der Waals surface area contributed by atoms with Crippen molar-refractivity contribution in [2.45, 2.75) is 20.3 Å². The maximum atomic E-state index is 11.7. The molecule has 0 aromatic carbocycles. The third-order valence-electron chi connectivity index (χ3n) is 2.56. The fraction of sp³-hybridized carbons (Fsp3) is 0.583. The molecule has 1 amide bonds. The summed E-state index contributed by atoms with van der Waals surface area (Å²) in [5, 5.41) is 15.6. The molecule has 0 saturated carbocycles. The van der Waals surface area contributed by atoms with Gasteiger partial charge in [0.15, 0.2) is 0 Å². The van der Waals surface area contributed by atoms with Crippen molar-refractivity contribution in [1.82, 2.24) is 15.1 Å². The Morgan fingerprint density at radius 3 is 2.61 bits per heavy atom. The van der Waals surface area contributed by atoms with Gasteiger partial charge in [0, 0.05) is 19.8 Å². The number of rotatable bonds is 6. The Hall–Kier alpha value is -1.85. The van der Waals surface area contributed by atoms with E-state index in [1.807, 2.05) is 13.8 Å². The monoisotopic (exact) mass is 253 g/mol. The maximum Gasteiger partial charge on any atom is 0.308 e. The summed E-state index contributed by atoms with van der Waals surface area (Å²) in [6.07, 6.45) is 2.20. The molecular weight excluding hydrogens is 234 g/mol. The van der Waals surface area contributed by atoms with Gasteiger partial charge in [0.05, 0.1) is 5.92 Å². The number of nitrogens with one attached hydrogen (secondary N) is 1. The highest BCUT2D eigenvalue weighted by Gasteiger charge is 2.20. The molecule has 0 saturated heterocycles. The Bertz CT molecular complexity index is 426. The van der Waals surface area contributed by atoms with E-state index in [-0.39, 0.29) is 18.4 Å². The second-order valence-electron chi connectivity index (χ2n) is 4.75. The zero-order valence-electron chi connectivity index (χ0n) is 10.9. The van der Waals surface area contributed by atoms with E-state index in [1.54, 1.807) is 19.3 Å². The Morgan fingerprint density at radius 1 is 1.50 bits per heavy atom. The van der Waals surface area contributed by atoms with Crippen molar-refractivity contribution in [1.29, 1.82) is 0 Å². The molecule has 1 rings (SSSR count). The van der Waals surface area contributed by atoms with Gasteiger partial charge in [-0.05, 0) is 18.4 Å². The highest BCUT2D eigenvalue weighted by Crippen LogP contribution is 2.11. The third kappa shape index (κ3) is 4.20. The Balaban J connectivity index is 2.52. The molecule has 0 aliphatic heterocycles. The highest BCUT2D eigenvalue weighted by molar-refractivity contribution is 5.92. The quantitative estimate of drug-likeness (QED) is 0.788. The molecule has 6 heteroatoms. The average Bonchev–Trinajstić information content (AvgIpc) is 2.69. The largest absolute Gasteiger partial charge is 0.481 e. The van der Waals surface area contributed by atoms with Gasteiger partial charge in [-0.1, -0.05) is 13.8 Å². The third-order valence-corrected chi connectivity index (χ3v) is 2.56. The van der Waals surface area contributed by atoms with Crippen LogP contribution >= 0.6 is 0 Å². The number of hydrogen-bond donors (Lipinski definition) is 2. The van der Waals surface area contributed by atoms with Crippen molar-refractivity contribution in [3.63, 3.8) is 0 Å². The number of aliphatic carboxylic acids is 1. The van der Waals surface area contributed by atoms with Crippen LogP contribution in [0.4, 0.5) is 0 Å². The zero-order chi connectivity index (χ0) is 13.7. The van der Waals surface area contributed by atoms with E-state index in [9.17, 15) is 9.59 Å². The Kier molecular flexibility index (Phi) is 4.88. The van der Waals surface area contributed by atoms with E-state index in [4.69, 9.17) is 5.11 Å². The van der Waals surface area contributed by atoms with Crippen molar-refractivity contribution < 1.29 is 14.7 Å². The van der Waals surface area contributed by atoms with Crippen molar-refractivity contribution in [3.05, 3.63) is 18.0 Å². The molecule has 0 aliphatic rings. The number of carbonyl (C=O) groups excluding carboxylic acids is 1. The van der Waals surface area contributed by atoms with Gasteiger partial charge in [0.25, 0.3) is 5.91 Å². The molecule has 1 heterocycles. The first-order valence-electron chi connectivity index (χ1n) is 5.90. The number of carbonyl (C=O) groups is 2. The molecule has 0 spiro atoms. The topological polar surface area (TPSA) is 84.2 Å². The molecule has 0 radical (unpaired) electrons. The lowest BCUT2D eigenvalue weighted by Crippen LogP contribution is -2.33. The smallest absolute Gasteiger partial charge is 0.308 e. The summed E-state index contributed by atoms with van der Waals surface area (Å²) in [7, 11) is 1.72. The van der Waals surface area contributed by atoms with E-state index in [0.717, 1.165) is 0 Å². The van der Waals surface area contributed by atoms with E-state index < -0.39 is 11.9 Å². The van der Waals surface area contributed by atoms with Crippen LogP contribution in [0.25, 0.3) is 0 Å². The number of amides is 1. The van der Waals surface area contributed by atoms with Crippen LogP contribution in [0.5, 0.6) is 0 Å². The first-order valence-corrected chi connectivity index (χ1v) is 5.90. The predicted octanol–water partition coefficient (Wildman–Crippen LogP) is 0.897. The van der Waals surface area contributed by atoms with E-state index >= 15 is 0 Å². The van der Waals surface area contributed by atoms with Gasteiger partial charge in [-0.3, -0.25) is 14.3 Å². The maximum absolute atomic E-state index is 11.7. The summed E-state index contributed by atoms with van der Waals surface area (Å²) in [5.74, 6) is -1.51. The first-order chi connectivity index (χ1) is 8.40. The van der Waals surface area contributed by atoms with Crippen LogP contribution in [0.1, 0.15) is 30.8 Å². The molecule has 2 N–H and O–H groups in total. The average molecular weight is 253 g/mol. The molecule has 0 bridgehead atoms. The number of aromatic nitrogens is 2. The number of nitrogens with zero attached hydrogens (tertiary/aromatic N) is 2. The van der Waals surface area contributed by atoms with Crippen molar-refractivity contribution in [2.75, 3.05) is 6.54 Å².